The standard InChI is InChI=1S/C17H22N2O2/c1-14-7-9-15(10-8-14)19(12-11-18(2)3)17(20)16-6-4-5-13-21-16/h4-10H,11-13H2,1-3H3. The number of ether oxygens (including phenoxy) is 1. The molecule has 0 saturated heterocycles. The zero-order valence-corrected chi connectivity index (χ0v) is 12.9. The van der Waals surface area contributed by atoms with Gasteiger partial charge < -0.3 is 14.5 Å². The summed E-state index contributed by atoms with van der Waals surface area (Å²) in [5.74, 6) is 0.307. The van der Waals surface area contributed by atoms with Gasteiger partial charge in [0.1, 0.15) is 6.61 Å². The summed E-state index contributed by atoms with van der Waals surface area (Å²) in [5, 5.41) is 0. The Balaban J connectivity index is 2.22. The fraction of sp³-hybridized carbons (Fsp3) is 0.353. The van der Waals surface area contributed by atoms with Crippen LogP contribution in [-0.4, -0.2) is 44.6 Å². The highest BCUT2D eigenvalue weighted by atomic mass is 16.5. The molecule has 0 aromatic heterocycles. The first kappa shape index (κ1) is 15.3. The number of amides is 1. The number of aryl methyl sites for hydroxylation is 1. The third-order valence-corrected chi connectivity index (χ3v) is 3.29. The normalized spacial score (nSPS) is 13.8. The topological polar surface area (TPSA) is 32.8 Å². The highest BCUT2D eigenvalue weighted by Gasteiger charge is 2.21. The lowest BCUT2D eigenvalue weighted by atomic mass is 10.2. The molecular weight excluding hydrogens is 264 g/mol. The third kappa shape index (κ3) is 4.20. The largest absolute Gasteiger partial charge is 0.484 e. The molecule has 0 saturated carbocycles. The van der Waals surface area contributed by atoms with Gasteiger partial charge >= 0.3 is 0 Å². The number of carbonyl (C=O) groups is 1. The Hall–Kier alpha value is -2.07. The van der Waals surface area contributed by atoms with Crippen LogP contribution in [0.1, 0.15) is 5.56 Å². The number of hydrogen-bond acceptors (Lipinski definition) is 3. The molecule has 1 aromatic carbocycles. The van der Waals surface area contributed by atoms with Crippen molar-refractivity contribution in [1.82, 2.24) is 4.90 Å². The average Bonchev–Trinajstić information content (AvgIpc) is 2.49. The van der Waals surface area contributed by atoms with E-state index < -0.39 is 0 Å². The quantitative estimate of drug-likeness (QED) is 0.833. The smallest absolute Gasteiger partial charge is 0.293 e. The Morgan fingerprint density at radius 2 is 1.90 bits per heavy atom. The van der Waals surface area contributed by atoms with Crippen molar-refractivity contribution in [3.05, 3.63) is 53.8 Å². The highest BCUT2D eigenvalue weighted by Crippen LogP contribution is 2.19. The Morgan fingerprint density at radius 3 is 2.48 bits per heavy atom. The van der Waals surface area contributed by atoms with E-state index in [2.05, 4.69) is 4.90 Å². The minimum atomic E-state index is -0.0925. The van der Waals surface area contributed by atoms with E-state index in [9.17, 15) is 4.79 Å². The molecule has 1 aromatic rings. The van der Waals surface area contributed by atoms with Crippen LogP contribution in [0.4, 0.5) is 5.69 Å². The summed E-state index contributed by atoms with van der Waals surface area (Å²) >= 11 is 0. The molecule has 21 heavy (non-hydrogen) atoms. The first-order valence-corrected chi connectivity index (χ1v) is 7.11. The van der Waals surface area contributed by atoms with Crippen molar-refractivity contribution in [3.8, 4) is 0 Å². The lowest BCUT2D eigenvalue weighted by Crippen LogP contribution is -2.38. The van der Waals surface area contributed by atoms with Crippen LogP contribution in [0.3, 0.4) is 0 Å². The lowest BCUT2D eigenvalue weighted by molar-refractivity contribution is -0.118. The lowest BCUT2D eigenvalue weighted by Gasteiger charge is -2.26. The molecule has 1 amide bonds. The molecule has 4 heteroatoms. The van der Waals surface area contributed by atoms with Crippen LogP contribution in [0.2, 0.25) is 0 Å². The predicted molar refractivity (Wildman–Crippen MR) is 85.3 cm³/mol. The van der Waals surface area contributed by atoms with Gasteiger partial charge in [-0.25, -0.2) is 0 Å². The van der Waals surface area contributed by atoms with Gasteiger partial charge in [0.2, 0.25) is 0 Å². The van der Waals surface area contributed by atoms with Crippen molar-refractivity contribution < 1.29 is 9.53 Å². The van der Waals surface area contributed by atoms with Gasteiger partial charge in [-0.05, 0) is 45.3 Å². The van der Waals surface area contributed by atoms with Crippen LogP contribution in [0, 0.1) is 6.92 Å². The van der Waals surface area contributed by atoms with Gasteiger partial charge in [-0.15, -0.1) is 0 Å². The van der Waals surface area contributed by atoms with Crippen molar-refractivity contribution in [2.45, 2.75) is 6.92 Å². The molecule has 4 nitrogen and oxygen atoms in total. The second-order valence-electron chi connectivity index (χ2n) is 5.37. The minimum absolute atomic E-state index is 0.0925. The van der Waals surface area contributed by atoms with Gasteiger partial charge in [-0.1, -0.05) is 23.8 Å². The Labute approximate surface area is 126 Å². The van der Waals surface area contributed by atoms with E-state index in [0.717, 1.165) is 12.2 Å². The number of anilines is 1. The highest BCUT2D eigenvalue weighted by molar-refractivity contribution is 6.04. The number of carbonyl (C=O) groups excluding carboxylic acids is 1. The monoisotopic (exact) mass is 286 g/mol. The predicted octanol–water partition coefficient (Wildman–Crippen LogP) is 2.36. The van der Waals surface area contributed by atoms with Gasteiger partial charge in [0.15, 0.2) is 5.76 Å². The third-order valence-electron chi connectivity index (χ3n) is 3.29. The molecule has 1 aliphatic heterocycles. The zero-order chi connectivity index (χ0) is 15.2. The van der Waals surface area contributed by atoms with Crippen LogP contribution < -0.4 is 4.90 Å². The van der Waals surface area contributed by atoms with E-state index in [1.807, 2.05) is 57.4 Å². The van der Waals surface area contributed by atoms with Crippen molar-refractivity contribution >= 4 is 11.6 Å². The van der Waals surface area contributed by atoms with Crippen molar-refractivity contribution in [1.29, 1.82) is 0 Å². The molecule has 2 rings (SSSR count). The molecule has 1 heterocycles. The second kappa shape index (κ2) is 7.09. The van der Waals surface area contributed by atoms with E-state index in [0.29, 0.717) is 18.9 Å². The first-order valence-electron chi connectivity index (χ1n) is 7.11. The van der Waals surface area contributed by atoms with Crippen LogP contribution in [-0.2, 0) is 9.53 Å². The summed E-state index contributed by atoms with van der Waals surface area (Å²) in [5.41, 5.74) is 2.07. The second-order valence-corrected chi connectivity index (χ2v) is 5.37. The van der Waals surface area contributed by atoms with Crippen LogP contribution >= 0.6 is 0 Å². The molecule has 0 atom stereocenters. The molecule has 1 aliphatic rings. The van der Waals surface area contributed by atoms with Gasteiger partial charge in [0.25, 0.3) is 5.91 Å². The first-order chi connectivity index (χ1) is 10.1. The van der Waals surface area contributed by atoms with Crippen molar-refractivity contribution in [3.63, 3.8) is 0 Å². The Morgan fingerprint density at radius 1 is 1.19 bits per heavy atom. The van der Waals surface area contributed by atoms with Crippen LogP contribution in [0.5, 0.6) is 0 Å². The van der Waals surface area contributed by atoms with E-state index in [1.54, 1.807) is 11.0 Å². The van der Waals surface area contributed by atoms with E-state index in [-0.39, 0.29) is 5.91 Å². The summed E-state index contributed by atoms with van der Waals surface area (Å²) in [6.45, 7) is 3.91. The van der Waals surface area contributed by atoms with Gasteiger partial charge in [0, 0.05) is 18.8 Å². The van der Waals surface area contributed by atoms with Crippen molar-refractivity contribution in [2.75, 3.05) is 38.7 Å². The minimum Gasteiger partial charge on any atom is -0.484 e. The number of hydrogen-bond donors (Lipinski definition) is 0. The van der Waals surface area contributed by atoms with Gasteiger partial charge in [-0.3, -0.25) is 4.79 Å². The summed E-state index contributed by atoms with van der Waals surface area (Å²) < 4.78 is 5.44. The fourth-order valence-electron chi connectivity index (χ4n) is 2.04. The molecule has 0 aliphatic carbocycles. The summed E-state index contributed by atoms with van der Waals surface area (Å²) in [6, 6.07) is 7.98. The molecule has 0 radical (unpaired) electrons. The van der Waals surface area contributed by atoms with Gasteiger partial charge in [0.05, 0.1) is 0 Å². The number of nitrogens with zero attached hydrogens (tertiary/aromatic N) is 2. The SMILES string of the molecule is Cc1ccc(N(CCN(C)C)C(=O)C2=CC=CCO2)cc1. The van der Waals surface area contributed by atoms with Gasteiger partial charge in [-0.2, -0.15) is 0 Å². The molecule has 0 unspecified atom stereocenters. The summed E-state index contributed by atoms with van der Waals surface area (Å²) in [4.78, 5) is 16.5. The number of benzene rings is 1. The Bertz CT molecular complexity index is 544. The average molecular weight is 286 g/mol. The maximum Gasteiger partial charge on any atom is 0.293 e. The Kier molecular flexibility index (Phi) is 5.17. The maximum atomic E-state index is 12.7. The molecule has 0 bridgehead atoms. The summed E-state index contributed by atoms with van der Waals surface area (Å²) in [6.07, 6.45) is 5.46. The maximum absolute atomic E-state index is 12.7. The summed E-state index contributed by atoms with van der Waals surface area (Å²) in [7, 11) is 3.99. The van der Waals surface area contributed by atoms with E-state index in [4.69, 9.17) is 4.74 Å². The zero-order valence-electron chi connectivity index (χ0n) is 12.9. The molecule has 0 fully saturated rings. The molecule has 0 spiro atoms. The molecule has 0 N–H and O–H groups in total. The van der Waals surface area contributed by atoms with E-state index >= 15 is 0 Å². The molecule has 112 valence electrons. The number of rotatable bonds is 5. The van der Waals surface area contributed by atoms with Crippen molar-refractivity contribution in [2.24, 2.45) is 0 Å². The number of likely N-dealkylation sites (N-methyl/N-ethyl adjacent to an activating group) is 1. The number of allylic oxidation sites excluding steroid dienone is 2. The molecular formula is C17H22N2O2. The van der Waals surface area contributed by atoms with Crippen LogP contribution in [0.25, 0.3) is 0 Å². The fourth-order valence-corrected chi connectivity index (χ4v) is 2.04. The van der Waals surface area contributed by atoms with E-state index in [1.165, 1.54) is 5.56 Å². The van der Waals surface area contributed by atoms with Crippen LogP contribution in [0.15, 0.2) is 48.3 Å².